The van der Waals surface area contributed by atoms with Crippen molar-refractivity contribution in [2.75, 3.05) is 6.54 Å². The third kappa shape index (κ3) is 5.20. The van der Waals surface area contributed by atoms with Gasteiger partial charge in [-0.05, 0) is 59.0 Å². The first-order chi connectivity index (χ1) is 19.4. The molecule has 1 aliphatic rings. The molecule has 5 aromatic rings. The van der Waals surface area contributed by atoms with Crippen molar-refractivity contribution >= 4 is 16.8 Å². The largest absolute Gasteiger partial charge is 0.416 e. The number of para-hydroxylation sites is 1. The molecule has 0 bridgehead atoms. The Morgan fingerprint density at radius 3 is 2.40 bits per heavy atom. The standard InChI is InChI=1S/C33H26F3N3O/c34-33(35,36)25-16-13-23(14-17-25)27-9-4-5-11-29(27)32(40)38-31-28-10-3-1-7-22(28)19-20-39(31)21-26-18-15-24-8-2-6-12-30(24)37-26/h1-18,31H,19-21H2,(H,38,40). The lowest BCUT2D eigenvalue weighted by molar-refractivity contribution is -0.137. The molecule has 4 nitrogen and oxygen atoms in total. The Morgan fingerprint density at radius 2 is 1.57 bits per heavy atom. The van der Waals surface area contributed by atoms with E-state index in [1.165, 1.54) is 17.7 Å². The summed E-state index contributed by atoms with van der Waals surface area (Å²) in [5.41, 5.74) is 4.80. The third-order valence-corrected chi connectivity index (χ3v) is 7.37. The number of alkyl halides is 3. The van der Waals surface area contributed by atoms with E-state index in [0.717, 1.165) is 47.3 Å². The first kappa shape index (κ1) is 25.8. The van der Waals surface area contributed by atoms with Crippen LogP contribution in [0.25, 0.3) is 22.0 Å². The lowest BCUT2D eigenvalue weighted by atomic mass is 9.95. The molecule has 0 aliphatic carbocycles. The topological polar surface area (TPSA) is 45.2 Å². The second-order valence-electron chi connectivity index (χ2n) is 9.91. The smallest absolute Gasteiger partial charge is 0.332 e. The summed E-state index contributed by atoms with van der Waals surface area (Å²) in [5, 5.41) is 4.29. The van der Waals surface area contributed by atoms with Crippen LogP contribution >= 0.6 is 0 Å². The van der Waals surface area contributed by atoms with Gasteiger partial charge in [0, 0.05) is 24.0 Å². The van der Waals surface area contributed by atoms with E-state index >= 15 is 0 Å². The van der Waals surface area contributed by atoms with Gasteiger partial charge in [-0.15, -0.1) is 0 Å². The average Bonchev–Trinajstić information content (AvgIpc) is 2.98. The summed E-state index contributed by atoms with van der Waals surface area (Å²) in [5.74, 6) is -0.298. The molecule has 4 aromatic carbocycles. The highest BCUT2D eigenvalue weighted by Crippen LogP contribution is 2.33. The zero-order chi connectivity index (χ0) is 27.7. The average molecular weight is 538 g/mol. The molecule has 1 aromatic heterocycles. The SMILES string of the molecule is O=C(NC1c2ccccc2CCN1Cc1ccc2ccccc2n1)c1ccccc1-c1ccc(C(F)(F)F)cc1. The van der Waals surface area contributed by atoms with Crippen LogP contribution in [-0.4, -0.2) is 22.3 Å². The molecule has 0 saturated carbocycles. The van der Waals surface area contributed by atoms with E-state index in [9.17, 15) is 18.0 Å². The van der Waals surface area contributed by atoms with E-state index in [0.29, 0.717) is 23.2 Å². The van der Waals surface area contributed by atoms with E-state index in [1.807, 2.05) is 48.5 Å². The van der Waals surface area contributed by atoms with Crippen LogP contribution in [0.2, 0.25) is 0 Å². The van der Waals surface area contributed by atoms with Crippen molar-refractivity contribution in [3.05, 3.63) is 137 Å². The van der Waals surface area contributed by atoms with Gasteiger partial charge in [0.15, 0.2) is 0 Å². The lowest BCUT2D eigenvalue weighted by Crippen LogP contribution is -2.45. The van der Waals surface area contributed by atoms with Gasteiger partial charge in [0.1, 0.15) is 6.17 Å². The van der Waals surface area contributed by atoms with Crippen LogP contribution in [0.3, 0.4) is 0 Å². The fourth-order valence-electron chi connectivity index (χ4n) is 5.34. The molecule has 40 heavy (non-hydrogen) atoms. The molecule has 7 heteroatoms. The summed E-state index contributed by atoms with van der Waals surface area (Å²) in [6, 6.07) is 32.0. The Balaban J connectivity index is 1.31. The second-order valence-corrected chi connectivity index (χ2v) is 9.91. The molecule has 1 unspecified atom stereocenters. The van der Waals surface area contributed by atoms with Crippen LogP contribution in [-0.2, 0) is 19.1 Å². The van der Waals surface area contributed by atoms with Gasteiger partial charge in [0.05, 0.1) is 16.8 Å². The minimum Gasteiger partial charge on any atom is -0.332 e. The van der Waals surface area contributed by atoms with Crippen molar-refractivity contribution in [3.63, 3.8) is 0 Å². The number of carbonyl (C=O) groups is 1. The highest BCUT2D eigenvalue weighted by atomic mass is 19.4. The highest BCUT2D eigenvalue weighted by molar-refractivity contribution is 6.01. The second kappa shape index (κ2) is 10.6. The maximum absolute atomic E-state index is 13.8. The minimum atomic E-state index is -4.42. The number of carbonyl (C=O) groups excluding carboxylic acids is 1. The van der Waals surface area contributed by atoms with Crippen molar-refractivity contribution in [3.8, 4) is 11.1 Å². The highest BCUT2D eigenvalue weighted by Gasteiger charge is 2.31. The van der Waals surface area contributed by atoms with Crippen molar-refractivity contribution in [2.45, 2.75) is 25.3 Å². The van der Waals surface area contributed by atoms with E-state index < -0.39 is 17.9 Å². The molecular weight excluding hydrogens is 511 g/mol. The predicted molar refractivity (Wildman–Crippen MR) is 149 cm³/mol. The number of hydrogen-bond acceptors (Lipinski definition) is 3. The van der Waals surface area contributed by atoms with Gasteiger partial charge in [-0.2, -0.15) is 13.2 Å². The molecule has 0 fully saturated rings. The maximum Gasteiger partial charge on any atom is 0.416 e. The fraction of sp³-hybridized carbons (Fsp3) is 0.152. The molecule has 6 rings (SSSR count). The summed E-state index contributed by atoms with van der Waals surface area (Å²) in [4.78, 5) is 20.8. The molecule has 1 amide bonds. The normalized spacial score (nSPS) is 15.5. The molecular formula is C33H26F3N3O. The number of aromatic nitrogens is 1. The Morgan fingerprint density at radius 1 is 0.850 bits per heavy atom. The predicted octanol–water partition coefficient (Wildman–Crippen LogP) is 7.41. The van der Waals surface area contributed by atoms with E-state index in [4.69, 9.17) is 4.98 Å². The molecule has 200 valence electrons. The van der Waals surface area contributed by atoms with E-state index in [-0.39, 0.29) is 5.91 Å². The Labute approximate surface area is 230 Å². The molecule has 1 aliphatic heterocycles. The summed E-state index contributed by atoms with van der Waals surface area (Å²) in [6.07, 6.45) is -3.97. The number of fused-ring (bicyclic) bond motifs is 2. The Bertz CT molecular complexity index is 1680. The number of hydrogen-bond donors (Lipinski definition) is 1. The van der Waals surface area contributed by atoms with Crippen molar-refractivity contribution in [2.24, 2.45) is 0 Å². The maximum atomic E-state index is 13.8. The van der Waals surface area contributed by atoms with Gasteiger partial charge >= 0.3 is 6.18 Å². The first-order valence-corrected chi connectivity index (χ1v) is 13.1. The Kier molecular flexibility index (Phi) is 6.82. The van der Waals surface area contributed by atoms with Crippen molar-refractivity contribution < 1.29 is 18.0 Å². The number of pyridine rings is 1. The minimum absolute atomic E-state index is 0.298. The van der Waals surface area contributed by atoms with E-state index in [2.05, 4.69) is 22.3 Å². The van der Waals surface area contributed by atoms with Gasteiger partial charge in [-0.25, -0.2) is 0 Å². The van der Waals surface area contributed by atoms with Crippen LogP contribution < -0.4 is 5.32 Å². The van der Waals surface area contributed by atoms with Crippen molar-refractivity contribution in [1.82, 2.24) is 15.2 Å². The summed E-state index contributed by atoms with van der Waals surface area (Å²) in [6.45, 7) is 1.28. The number of rotatable bonds is 5. The molecule has 2 heterocycles. The van der Waals surface area contributed by atoms with Crippen LogP contribution in [0.4, 0.5) is 13.2 Å². The van der Waals surface area contributed by atoms with Gasteiger partial charge < -0.3 is 5.32 Å². The number of benzene rings is 4. The van der Waals surface area contributed by atoms with Crippen LogP contribution in [0.5, 0.6) is 0 Å². The molecule has 1 N–H and O–H groups in total. The van der Waals surface area contributed by atoms with Gasteiger partial charge in [-0.3, -0.25) is 14.7 Å². The molecule has 1 atom stereocenters. The molecule has 0 spiro atoms. The van der Waals surface area contributed by atoms with Crippen LogP contribution in [0.15, 0.2) is 109 Å². The quantitative estimate of drug-likeness (QED) is 0.254. The van der Waals surface area contributed by atoms with Crippen LogP contribution in [0.1, 0.15) is 38.9 Å². The van der Waals surface area contributed by atoms with Gasteiger partial charge in [-0.1, -0.05) is 78.9 Å². The summed E-state index contributed by atoms with van der Waals surface area (Å²) in [7, 11) is 0. The van der Waals surface area contributed by atoms with Crippen molar-refractivity contribution in [1.29, 1.82) is 0 Å². The summed E-state index contributed by atoms with van der Waals surface area (Å²) < 4.78 is 39.3. The monoisotopic (exact) mass is 537 g/mol. The molecule has 0 saturated heterocycles. The van der Waals surface area contributed by atoms with Gasteiger partial charge in [0.25, 0.3) is 5.91 Å². The lowest BCUT2D eigenvalue weighted by Gasteiger charge is -2.37. The number of amides is 1. The summed E-state index contributed by atoms with van der Waals surface area (Å²) >= 11 is 0. The third-order valence-electron chi connectivity index (χ3n) is 7.37. The first-order valence-electron chi connectivity index (χ1n) is 13.1. The fourth-order valence-corrected chi connectivity index (χ4v) is 5.34. The van der Waals surface area contributed by atoms with Crippen LogP contribution in [0, 0.1) is 0 Å². The number of halogens is 3. The van der Waals surface area contributed by atoms with E-state index in [1.54, 1.807) is 24.3 Å². The zero-order valence-electron chi connectivity index (χ0n) is 21.5. The number of nitrogens with zero attached hydrogens (tertiary/aromatic N) is 2. The molecule has 0 radical (unpaired) electrons. The van der Waals surface area contributed by atoms with Gasteiger partial charge in [0.2, 0.25) is 0 Å². The Hall–Kier alpha value is -4.49. The zero-order valence-corrected chi connectivity index (χ0v) is 21.5. The number of nitrogens with one attached hydrogen (secondary N) is 1.